The van der Waals surface area contributed by atoms with Gasteiger partial charge >= 0.3 is 0 Å². The van der Waals surface area contributed by atoms with Crippen molar-refractivity contribution in [2.24, 2.45) is 5.92 Å². The van der Waals surface area contributed by atoms with Crippen LogP contribution in [0.1, 0.15) is 38.7 Å². The molecule has 0 N–H and O–H groups in total. The second-order valence-electron chi connectivity index (χ2n) is 6.41. The van der Waals surface area contributed by atoms with Gasteiger partial charge in [-0.15, -0.1) is 0 Å². The van der Waals surface area contributed by atoms with E-state index in [4.69, 9.17) is 0 Å². The van der Waals surface area contributed by atoms with Crippen molar-refractivity contribution in [2.45, 2.75) is 44.9 Å². The minimum absolute atomic E-state index is 0.0462. The van der Waals surface area contributed by atoms with Crippen molar-refractivity contribution in [2.75, 3.05) is 26.2 Å². The molecule has 5 nitrogen and oxygen atoms in total. The van der Waals surface area contributed by atoms with Crippen LogP contribution in [0.2, 0.25) is 0 Å². The Morgan fingerprint density at radius 2 is 1.83 bits per heavy atom. The smallest absolute Gasteiger partial charge is 0.243 e. The average molecular weight is 353 g/mol. The molecule has 0 radical (unpaired) electrons. The molecular weight excluding hydrogens is 324 g/mol. The predicted octanol–water partition coefficient (Wildman–Crippen LogP) is 2.65. The number of hydrogen-bond acceptors (Lipinski definition) is 3. The largest absolute Gasteiger partial charge is 0.341 e. The zero-order valence-electron chi connectivity index (χ0n) is 14.9. The normalized spacial score (nSPS) is 17.1. The number of rotatable bonds is 5. The van der Waals surface area contributed by atoms with Gasteiger partial charge in [0.1, 0.15) is 0 Å². The van der Waals surface area contributed by atoms with Gasteiger partial charge in [-0.25, -0.2) is 8.42 Å². The minimum atomic E-state index is -3.49. The molecule has 24 heavy (non-hydrogen) atoms. The Balaban J connectivity index is 2.11. The quantitative estimate of drug-likeness (QED) is 0.818. The monoisotopic (exact) mass is 352 g/mol. The predicted molar refractivity (Wildman–Crippen MR) is 95.2 cm³/mol. The van der Waals surface area contributed by atoms with Crippen molar-refractivity contribution in [1.29, 1.82) is 0 Å². The number of amides is 1. The highest BCUT2D eigenvalue weighted by molar-refractivity contribution is 7.89. The molecule has 1 aromatic carbocycles. The Morgan fingerprint density at radius 1 is 1.12 bits per heavy atom. The minimum Gasteiger partial charge on any atom is -0.341 e. The highest BCUT2D eigenvalue weighted by atomic mass is 32.2. The lowest BCUT2D eigenvalue weighted by Gasteiger charge is -2.25. The van der Waals surface area contributed by atoms with E-state index in [1.807, 2.05) is 31.7 Å². The van der Waals surface area contributed by atoms with Gasteiger partial charge in [0, 0.05) is 32.1 Å². The Kier molecular flexibility index (Phi) is 6.40. The molecule has 134 valence electrons. The maximum atomic E-state index is 12.8. The first kappa shape index (κ1) is 18.9. The Hall–Kier alpha value is -1.40. The Morgan fingerprint density at radius 3 is 2.46 bits per heavy atom. The number of sulfonamides is 1. The van der Waals surface area contributed by atoms with Gasteiger partial charge in [-0.05, 0) is 43.9 Å². The van der Waals surface area contributed by atoms with E-state index in [2.05, 4.69) is 0 Å². The van der Waals surface area contributed by atoms with Gasteiger partial charge in [-0.1, -0.05) is 26.0 Å². The van der Waals surface area contributed by atoms with Crippen LogP contribution in [-0.4, -0.2) is 49.7 Å². The van der Waals surface area contributed by atoms with Crippen molar-refractivity contribution in [1.82, 2.24) is 9.21 Å². The molecule has 6 heteroatoms. The average Bonchev–Trinajstić information content (AvgIpc) is 2.82. The third-order valence-electron chi connectivity index (χ3n) is 4.73. The standard InChI is InChI=1S/C18H28N2O3S/c1-4-16(5-2)18(21)19-10-7-11-20(13-12-19)24(22,23)17-9-6-8-15(3)14-17/h6,8-9,14,16H,4-5,7,10-13H2,1-3H3. The molecule has 0 aromatic heterocycles. The lowest BCUT2D eigenvalue weighted by atomic mass is 10.0. The molecule has 2 rings (SSSR count). The maximum absolute atomic E-state index is 12.8. The van der Waals surface area contributed by atoms with E-state index >= 15 is 0 Å². The number of hydrogen-bond donors (Lipinski definition) is 0. The zero-order chi connectivity index (χ0) is 17.7. The summed E-state index contributed by atoms with van der Waals surface area (Å²) in [5.74, 6) is 0.208. The first-order valence-electron chi connectivity index (χ1n) is 8.75. The lowest BCUT2D eigenvalue weighted by molar-refractivity contribution is -0.135. The summed E-state index contributed by atoms with van der Waals surface area (Å²) in [4.78, 5) is 14.7. The highest BCUT2D eigenvalue weighted by Crippen LogP contribution is 2.20. The van der Waals surface area contributed by atoms with Gasteiger partial charge in [-0.3, -0.25) is 4.79 Å². The number of benzene rings is 1. The molecule has 1 heterocycles. The number of carbonyl (C=O) groups excluding carboxylic acids is 1. The SMILES string of the molecule is CCC(CC)C(=O)N1CCCN(S(=O)(=O)c2cccc(C)c2)CC1. The molecule has 1 fully saturated rings. The fourth-order valence-corrected chi connectivity index (χ4v) is 4.75. The first-order chi connectivity index (χ1) is 11.4. The summed E-state index contributed by atoms with van der Waals surface area (Å²) < 4.78 is 27.2. The molecular formula is C18H28N2O3S. The molecule has 0 unspecified atom stereocenters. The fraction of sp³-hybridized carbons (Fsp3) is 0.611. The number of carbonyl (C=O) groups is 1. The molecule has 0 atom stereocenters. The van der Waals surface area contributed by atoms with Gasteiger partial charge in [0.2, 0.25) is 15.9 Å². The molecule has 1 aliphatic heterocycles. The summed E-state index contributed by atoms with van der Waals surface area (Å²) in [6, 6.07) is 6.99. The van der Waals surface area contributed by atoms with Crippen LogP contribution in [0.4, 0.5) is 0 Å². The van der Waals surface area contributed by atoms with Gasteiger partial charge < -0.3 is 4.90 Å². The Labute approximate surface area is 145 Å². The molecule has 1 aliphatic rings. The van der Waals surface area contributed by atoms with Crippen LogP contribution in [0, 0.1) is 12.8 Å². The van der Waals surface area contributed by atoms with E-state index in [9.17, 15) is 13.2 Å². The van der Waals surface area contributed by atoms with Crippen molar-refractivity contribution in [3.63, 3.8) is 0 Å². The van der Waals surface area contributed by atoms with Gasteiger partial charge in [0.15, 0.2) is 0 Å². The van der Waals surface area contributed by atoms with E-state index in [0.717, 1.165) is 18.4 Å². The summed E-state index contributed by atoms with van der Waals surface area (Å²) in [6.45, 7) is 7.87. The highest BCUT2D eigenvalue weighted by Gasteiger charge is 2.29. The summed E-state index contributed by atoms with van der Waals surface area (Å²) in [5, 5.41) is 0. The second kappa shape index (κ2) is 8.12. The van der Waals surface area contributed by atoms with Crippen LogP contribution in [0.3, 0.4) is 0 Å². The topological polar surface area (TPSA) is 57.7 Å². The zero-order valence-corrected chi connectivity index (χ0v) is 15.7. The lowest BCUT2D eigenvalue weighted by Crippen LogP contribution is -2.39. The van der Waals surface area contributed by atoms with Gasteiger partial charge in [0.25, 0.3) is 0 Å². The third-order valence-corrected chi connectivity index (χ3v) is 6.62. The Bertz CT molecular complexity index is 669. The summed E-state index contributed by atoms with van der Waals surface area (Å²) >= 11 is 0. The second-order valence-corrected chi connectivity index (χ2v) is 8.35. The molecule has 0 bridgehead atoms. The van der Waals surface area contributed by atoms with E-state index in [0.29, 0.717) is 37.5 Å². The van der Waals surface area contributed by atoms with E-state index < -0.39 is 10.0 Å². The van der Waals surface area contributed by atoms with Crippen molar-refractivity contribution < 1.29 is 13.2 Å². The molecule has 1 saturated heterocycles. The number of nitrogens with zero attached hydrogens (tertiary/aromatic N) is 2. The van der Waals surface area contributed by atoms with Crippen LogP contribution in [0.25, 0.3) is 0 Å². The summed E-state index contributed by atoms with van der Waals surface area (Å²) in [6.07, 6.45) is 2.34. The summed E-state index contributed by atoms with van der Waals surface area (Å²) in [7, 11) is -3.49. The van der Waals surface area contributed by atoms with Crippen molar-refractivity contribution in [3.8, 4) is 0 Å². The van der Waals surface area contributed by atoms with Crippen LogP contribution in [-0.2, 0) is 14.8 Å². The van der Waals surface area contributed by atoms with Crippen LogP contribution in [0.5, 0.6) is 0 Å². The van der Waals surface area contributed by atoms with Crippen LogP contribution < -0.4 is 0 Å². The number of aryl methyl sites for hydroxylation is 1. The molecule has 0 spiro atoms. The maximum Gasteiger partial charge on any atom is 0.243 e. The summed E-state index contributed by atoms with van der Waals surface area (Å²) in [5.41, 5.74) is 0.927. The molecule has 1 amide bonds. The first-order valence-corrected chi connectivity index (χ1v) is 10.2. The van der Waals surface area contributed by atoms with E-state index in [1.54, 1.807) is 18.2 Å². The van der Waals surface area contributed by atoms with Crippen molar-refractivity contribution >= 4 is 15.9 Å². The van der Waals surface area contributed by atoms with Crippen LogP contribution >= 0.6 is 0 Å². The van der Waals surface area contributed by atoms with Crippen LogP contribution in [0.15, 0.2) is 29.2 Å². The molecule has 0 saturated carbocycles. The van der Waals surface area contributed by atoms with Crippen molar-refractivity contribution in [3.05, 3.63) is 29.8 Å². The van der Waals surface area contributed by atoms with Gasteiger partial charge in [0.05, 0.1) is 4.90 Å². The molecule has 0 aliphatic carbocycles. The molecule has 1 aromatic rings. The van der Waals surface area contributed by atoms with E-state index in [1.165, 1.54) is 4.31 Å². The third kappa shape index (κ3) is 4.16. The van der Waals surface area contributed by atoms with E-state index in [-0.39, 0.29) is 11.8 Å². The van der Waals surface area contributed by atoms with Gasteiger partial charge in [-0.2, -0.15) is 4.31 Å². The fourth-order valence-electron chi connectivity index (χ4n) is 3.18.